The summed E-state index contributed by atoms with van der Waals surface area (Å²) >= 11 is 0. The smallest absolute Gasteiger partial charge is 0.475 e. The van der Waals surface area contributed by atoms with Crippen molar-refractivity contribution in [1.29, 1.82) is 0 Å². The second-order valence-electron chi connectivity index (χ2n) is 8.13. The number of aryl methyl sites for hydroxylation is 1. The van der Waals surface area contributed by atoms with Gasteiger partial charge in [-0.2, -0.15) is 17.7 Å². The molecule has 1 atom stereocenters. The van der Waals surface area contributed by atoms with Crippen molar-refractivity contribution in [2.24, 2.45) is 7.05 Å². The van der Waals surface area contributed by atoms with Crippen molar-refractivity contribution in [2.45, 2.75) is 37.9 Å². The lowest BCUT2D eigenvalue weighted by Crippen LogP contribution is -2.45. The number of aromatic nitrogens is 6. The topological polar surface area (TPSA) is 122 Å². The number of halogens is 3. The lowest BCUT2D eigenvalue weighted by atomic mass is 9.95. The summed E-state index contributed by atoms with van der Waals surface area (Å²) in [6, 6.07) is 3.82. The Morgan fingerprint density at radius 1 is 1.12 bits per heavy atom. The highest BCUT2D eigenvalue weighted by Gasteiger charge is 2.38. The number of carboxylic acid groups (broad SMARTS) is 1. The molecule has 1 N–H and O–H groups in total. The monoisotopic (exact) mass is 480 g/mol. The first kappa shape index (κ1) is 23.4. The Bertz CT molecular complexity index is 1190. The van der Waals surface area contributed by atoms with E-state index in [-0.39, 0.29) is 11.8 Å². The summed E-state index contributed by atoms with van der Waals surface area (Å²) in [6.45, 7) is 2.95. The number of amides is 1. The molecule has 182 valence electrons. The minimum atomic E-state index is -5.08. The molecular weight excluding hydrogens is 457 g/mol. The van der Waals surface area contributed by atoms with E-state index in [1.165, 1.54) is 6.42 Å². The van der Waals surface area contributed by atoms with Gasteiger partial charge in [0.1, 0.15) is 12.1 Å². The molecule has 0 aliphatic carbocycles. The molecule has 14 heteroatoms. The van der Waals surface area contributed by atoms with Gasteiger partial charge in [0.05, 0.1) is 30.2 Å². The van der Waals surface area contributed by atoms with Gasteiger partial charge in [0, 0.05) is 26.7 Å². The molecule has 0 bridgehead atoms. The van der Waals surface area contributed by atoms with Gasteiger partial charge in [-0.25, -0.2) is 9.78 Å². The van der Waals surface area contributed by atoms with Crippen LogP contribution in [0.25, 0.3) is 5.65 Å². The van der Waals surface area contributed by atoms with Crippen LogP contribution in [0.1, 0.15) is 36.6 Å². The Hall–Kier alpha value is -3.71. The zero-order valence-corrected chi connectivity index (χ0v) is 18.3. The lowest BCUT2D eigenvalue weighted by Gasteiger charge is -2.36. The molecule has 1 saturated heterocycles. The molecule has 1 amide bonds. The Morgan fingerprint density at radius 2 is 1.82 bits per heavy atom. The summed E-state index contributed by atoms with van der Waals surface area (Å²) in [4.78, 5) is 30.9. The normalized spacial score (nSPS) is 18.3. The first-order chi connectivity index (χ1) is 16.1. The maximum atomic E-state index is 13.3. The molecule has 1 fully saturated rings. The highest BCUT2D eigenvalue weighted by Crippen LogP contribution is 2.32. The van der Waals surface area contributed by atoms with Gasteiger partial charge >= 0.3 is 12.1 Å². The maximum Gasteiger partial charge on any atom is 0.490 e. The fourth-order valence-corrected chi connectivity index (χ4v) is 4.20. The first-order valence-corrected chi connectivity index (χ1v) is 10.7. The van der Waals surface area contributed by atoms with Crippen molar-refractivity contribution in [1.82, 2.24) is 34.3 Å². The van der Waals surface area contributed by atoms with Crippen molar-refractivity contribution in [3.8, 4) is 0 Å². The predicted octanol–water partition coefficient (Wildman–Crippen LogP) is 1.61. The van der Waals surface area contributed by atoms with E-state index >= 15 is 0 Å². The molecule has 0 spiro atoms. The molecule has 1 unspecified atom stereocenters. The molecule has 0 aromatic carbocycles. The lowest BCUT2D eigenvalue weighted by molar-refractivity contribution is -0.192. The molecule has 3 aromatic heterocycles. The molecule has 0 saturated carbocycles. The van der Waals surface area contributed by atoms with E-state index in [0.29, 0.717) is 18.7 Å². The van der Waals surface area contributed by atoms with Crippen LogP contribution < -0.4 is 4.90 Å². The van der Waals surface area contributed by atoms with Crippen molar-refractivity contribution < 1.29 is 27.9 Å². The van der Waals surface area contributed by atoms with Crippen LogP contribution >= 0.6 is 0 Å². The predicted molar refractivity (Wildman–Crippen MR) is 112 cm³/mol. The maximum absolute atomic E-state index is 13.3. The molecule has 0 radical (unpaired) electrons. The average molecular weight is 480 g/mol. The minimum absolute atomic E-state index is 0.203. The SMILES string of the molecule is Cn1cnc2c1C(C(=O)N1CCCCC1)CN(c1ccc3nncn3n1)C2.O=C(O)C(F)(F)F. The third-order valence-corrected chi connectivity index (χ3v) is 5.82. The molecule has 2 aliphatic rings. The van der Waals surface area contributed by atoms with Crippen molar-refractivity contribution in [3.05, 3.63) is 36.2 Å². The van der Waals surface area contributed by atoms with Crippen LogP contribution in [0.2, 0.25) is 0 Å². The van der Waals surface area contributed by atoms with Crippen molar-refractivity contribution in [2.75, 3.05) is 24.5 Å². The van der Waals surface area contributed by atoms with Gasteiger partial charge in [0.15, 0.2) is 5.65 Å². The number of aliphatic carboxylic acids is 1. The van der Waals surface area contributed by atoms with Crippen LogP contribution in [0.3, 0.4) is 0 Å². The van der Waals surface area contributed by atoms with Gasteiger partial charge in [-0.1, -0.05) is 0 Å². The molecular formula is C20H23F3N8O3. The Kier molecular flexibility index (Phi) is 6.39. The van der Waals surface area contributed by atoms with Gasteiger partial charge in [-0.05, 0) is 31.4 Å². The van der Waals surface area contributed by atoms with Crippen LogP contribution in [0.4, 0.5) is 19.0 Å². The highest BCUT2D eigenvalue weighted by molar-refractivity contribution is 5.85. The summed E-state index contributed by atoms with van der Waals surface area (Å²) in [5.41, 5.74) is 2.69. The van der Waals surface area contributed by atoms with E-state index in [0.717, 1.165) is 43.1 Å². The Labute approximate surface area is 191 Å². The second kappa shape index (κ2) is 9.27. The van der Waals surface area contributed by atoms with Crippen LogP contribution in [0.5, 0.6) is 0 Å². The van der Waals surface area contributed by atoms with E-state index in [1.807, 2.05) is 28.6 Å². The highest BCUT2D eigenvalue weighted by atomic mass is 19.4. The average Bonchev–Trinajstić information content (AvgIpc) is 3.44. The number of carbonyl (C=O) groups excluding carboxylic acids is 1. The number of piperidine rings is 1. The summed E-state index contributed by atoms with van der Waals surface area (Å²) in [7, 11) is 1.97. The number of carbonyl (C=O) groups is 2. The number of carboxylic acids is 1. The molecule has 5 rings (SSSR count). The number of fused-ring (bicyclic) bond motifs is 2. The van der Waals surface area contributed by atoms with Gasteiger partial charge in [0.2, 0.25) is 5.91 Å². The summed E-state index contributed by atoms with van der Waals surface area (Å²) < 4.78 is 35.4. The van der Waals surface area contributed by atoms with Crippen LogP contribution in [-0.2, 0) is 23.2 Å². The number of rotatable bonds is 2. The molecule has 5 heterocycles. The van der Waals surface area contributed by atoms with Crippen molar-refractivity contribution >= 4 is 23.3 Å². The summed E-state index contributed by atoms with van der Waals surface area (Å²) in [5, 5.41) is 19.6. The fourth-order valence-electron chi connectivity index (χ4n) is 4.20. The fraction of sp³-hybridized carbons (Fsp3) is 0.500. The molecule has 2 aliphatic heterocycles. The molecule has 3 aromatic rings. The number of imidazole rings is 1. The van der Waals surface area contributed by atoms with Gasteiger partial charge < -0.3 is 19.5 Å². The number of hydrogen-bond donors (Lipinski definition) is 1. The van der Waals surface area contributed by atoms with E-state index in [2.05, 4.69) is 25.2 Å². The van der Waals surface area contributed by atoms with Crippen molar-refractivity contribution in [3.63, 3.8) is 0 Å². The van der Waals surface area contributed by atoms with Gasteiger partial charge in [0.25, 0.3) is 0 Å². The van der Waals surface area contributed by atoms with E-state index in [9.17, 15) is 18.0 Å². The van der Waals surface area contributed by atoms with E-state index in [4.69, 9.17) is 9.90 Å². The van der Waals surface area contributed by atoms with Gasteiger partial charge in [-0.3, -0.25) is 4.79 Å². The summed E-state index contributed by atoms with van der Waals surface area (Å²) in [5.74, 6) is -1.98. The number of alkyl halides is 3. The number of anilines is 1. The van der Waals surface area contributed by atoms with Crippen LogP contribution in [0, 0.1) is 0 Å². The van der Waals surface area contributed by atoms with E-state index in [1.54, 1.807) is 17.2 Å². The number of likely N-dealkylation sites (tertiary alicyclic amines) is 1. The number of hydrogen-bond acceptors (Lipinski definition) is 7. The Morgan fingerprint density at radius 3 is 2.50 bits per heavy atom. The second-order valence-corrected chi connectivity index (χ2v) is 8.13. The molecule has 34 heavy (non-hydrogen) atoms. The standard InChI is InChI=1S/C18H22N8O.C2HF3O2/c1-23-11-19-14-10-25(16-6-5-15-21-20-12-26(15)22-16)9-13(17(14)23)18(27)24-7-3-2-4-8-24;3-2(4,5)1(6)7/h5-6,11-13H,2-4,7-10H2,1H3;(H,6,7). The number of nitrogens with zero attached hydrogens (tertiary/aromatic N) is 8. The third kappa shape index (κ3) is 4.79. The first-order valence-electron chi connectivity index (χ1n) is 10.7. The van der Waals surface area contributed by atoms with Crippen LogP contribution in [0.15, 0.2) is 24.8 Å². The summed E-state index contributed by atoms with van der Waals surface area (Å²) in [6.07, 6.45) is 1.70. The quantitative estimate of drug-likeness (QED) is 0.587. The largest absolute Gasteiger partial charge is 0.490 e. The van der Waals surface area contributed by atoms with Crippen LogP contribution in [-0.4, -0.2) is 77.1 Å². The third-order valence-electron chi connectivity index (χ3n) is 5.82. The van der Waals surface area contributed by atoms with E-state index < -0.39 is 12.1 Å². The molecule has 11 nitrogen and oxygen atoms in total. The zero-order valence-electron chi connectivity index (χ0n) is 18.3. The Balaban J connectivity index is 0.000000344. The zero-order chi connectivity index (χ0) is 24.5. The minimum Gasteiger partial charge on any atom is -0.475 e. The van der Waals surface area contributed by atoms with Gasteiger partial charge in [-0.15, -0.1) is 15.3 Å².